The molecule has 1 atom stereocenters. The van der Waals surface area contributed by atoms with Crippen molar-refractivity contribution in [3.8, 4) is 0 Å². The monoisotopic (exact) mass is 443 g/mol. The van der Waals surface area contributed by atoms with E-state index in [4.69, 9.17) is 17.3 Å². The van der Waals surface area contributed by atoms with E-state index in [0.717, 1.165) is 12.1 Å². The third-order valence-corrected chi connectivity index (χ3v) is 4.91. The largest absolute Gasteiger partial charge is 0.382 e. The van der Waals surface area contributed by atoms with Gasteiger partial charge in [0.2, 0.25) is 5.91 Å². The van der Waals surface area contributed by atoms with Crippen LogP contribution in [-0.4, -0.2) is 50.0 Å². The van der Waals surface area contributed by atoms with Gasteiger partial charge in [0.25, 0.3) is 0 Å². The summed E-state index contributed by atoms with van der Waals surface area (Å²) >= 11 is 6.35. The van der Waals surface area contributed by atoms with E-state index >= 15 is 0 Å². The van der Waals surface area contributed by atoms with Gasteiger partial charge in [-0.3, -0.25) is 4.79 Å². The van der Waals surface area contributed by atoms with Gasteiger partial charge in [0.15, 0.2) is 11.5 Å². The van der Waals surface area contributed by atoms with Crippen LogP contribution in [0.4, 0.5) is 5.82 Å². The Bertz CT molecular complexity index is 965. The first-order valence-electron chi connectivity index (χ1n) is 8.31. The molecule has 1 aliphatic heterocycles. The molecule has 150 valence electrons. The Balaban J connectivity index is 0.00000140. The molecule has 8 nitrogen and oxygen atoms in total. The lowest BCUT2D eigenvalue weighted by Gasteiger charge is -2.37. The van der Waals surface area contributed by atoms with E-state index in [9.17, 15) is 4.79 Å². The Kier molecular flexibility index (Phi) is 7.42. The van der Waals surface area contributed by atoms with Crippen molar-refractivity contribution in [2.24, 2.45) is 0 Å². The van der Waals surface area contributed by atoms with E-state index < -0.39 is 0 Å². The van der Waals surface area contributed by atoms with Gasteiger partial charge in [-0.1, -0.05) is 29.8 Å². The number of anilines is 1. The molecule has 0 aliphatic carbocycles. The molecule has 0 bridgehead atoms. The van der Waals surface area contributed by atoms with Crippen LogP contribution in [0.15, 0.2) is 36.9 Å². The van der Waals surface area contributed by atoms with Crippen LogP contribution in [0.25, 0.3) is 11.2 Å². The highest BCUT2D eigenvalue weighted by atomic mass is 35.5. The number of fused-ring (bicyclic) bond motifs is 1. The zero-order valence-electron chi connectivity index (χ0n) is 14.8. The first-order valence-corrected chi connectivity index (χ1v) is 8.69. The summed E-state index contributed by atoms with van der Waals surface area (Å²) < 4.78 is 1.70. The molecule has 1 amide bonds. The van der Waals surface area contributed by atoms with E-state index in [1.807, 2.05) is 29.2 Å². The third kappa shape index (κ3) is 4.15. The van der Waals surface area contributed by atoms with Crippen molar-refractivity contribution in [3.63, 3.8) is 0 Å². The number of imidazole rings is 1. The number of nitrogens with one attached hydrogen (secondary N) is 1. The number of nitrogens with two attached hydrogens (primary N) is 1. The summed E-state index contributed by atoms with van der Waals surface area (Å²) in [6.45, 7) is 2.15. The van der Waals surface area contributed by atoms with Gasteiger partial charge >= 0.3 is 0 Å². The normalized spacial score (nSPS) is 16.3. The zero-order valence-corrected chi connectivity index (χ0v) is 17.2. The van der Waals surface area contributed by atoms with Gasteiger partial charge in [0.1, 0.15) is 18.4 Å². The lowest BCUT2D eigenvalue weighted by Crippen LogP contribution is -2.49. The minimum atomic E-state index is -0.112. The van der Waals surface area contributed by atoms with E-state index in [2.05, 4.69) is 20.3 Å². The molecular formula is C17H20Cl3N7O. The van der Waals surface area contributed by atoms with E-state index in [0.29, 0.717) is 35.1 Å². The standard InChI is InChI=1S/C17H18ClN7O.2ClH/c18-12-4-2-1-3-11(12)13-7-20-5-6-25(13)14(26)8-24-10-23-15-16(19)21-9-22-17(15)24;;/h1-4,9-10,13,20H,5-8H2,(H2,19,21,22);2*1H. The molecule has 1 aliphatic rings. The Morgan fingerprint density at radius 3 is 2.82 bits per heavy atom. The summed E-state index contributed by atoms with van der Waals surface area (Å²) in [5.41, 5.74) is 7.81. The number of hydrogen-bond acceptors (Lipinski definition) is 6. The van der Waals surface area contributed by atoms with Crippen molar-refractivity contribution >= 4 is 59.3 Å². The summed E-state index contributed by atoms with van der Waals surface area (Å²) in [5.74, 6) is 0.283. The molecule has 0 radical (unpaired) electrons. The number of hydrogen-bond donors (Lipinski definition) is 2. The maximum absolute atomic E-state index is 13.0. The van der Waals surface area contributed by atoms with Crippen molar-refractivity contribution in [3.05, 3.63) is 47.5 Å². The predicted octanol–water partition coefficient (Wildman–Crippen LogP) is 2.08. The van der Waals surface area contributed by atoms with Crippen LogP contribution in [0.5, 0.6) is 0 Å². The molecule has 1 fully saturated rings. The lowest BCUT2D eigenvalue weighted by atomic mass is 10.0. The molecule has 2 aromatic heterocycles. The summed E-state index contributed by atoms with van der Waals surface area (Å²) in [6.07, 6.45) is 2.94. The fraction of sp³-hybridized carbons (Fsp3) is 0.294. The van der Waals surface area contributed by atoms with Gasteiger partial charge in [-0.2, -0.15) is 0 Å². The maximum atomic E-state index is 13.0. The van der Waals surface area contributed by atoms with Crippen molar-refractivity contribution in [2.75, 3.05) is 25.4 Å². The number of carbonyl (C=O) groups excluding carboxylic acids is 1. The Morgan fingerprint density at radius 1 is 1.25 bits per heavy atom. The summed E-state index contributed by atoms with van der Waals surface area (Å²) in [7, 11) is 0. The Hall–Kier alpha value is -2.13. The second-order valence-corrected chi connectivity index (χ2v) is 6.54. The van der Waals surface area contributed by atoms with Gasteiger partial charge in [-0.05, 0) is 11.6 Å². The van der Waals surface area contributed by atoms with Gasteiger partial charge in [0.05, 0.1) is 12.4 Å². The number of nitrogens with zero attached hydrogens (tertiary/aromatic N) is 5. The number of amides is 1. The molecule has 28 heavy (non-hydrogen) atoms. The van der Waals surface area contributed by atoms with Gasteiger partial charge in [-0.25, -0.2) is 15.0 Å². The third-order valence-electron chi connectivity index (χ3n) is 4.56. The molecule has 3 aromatic rings. The van der Waals surface area contributed by atoms with Gasteiger partial charge in [-0.15, -0.1) is 24.8 Å². The highest BCUT2D eigenvalue weighted by Gasteiger charge is 2.29. The van der Waals surface area contributed by atoms with Crippen LogP contribution < -0.4 is 11.1 Å². The van der Waals surface area contributed by atoms with Crippen molar-refractivity contribution in [2.45, 2.75) is 12.6 Å². The number of rotatable bonds is 3. The minimum Gasteiger partial charge on any atom is -0.382 e. The average molecular weight is 445 g/mol. The molecule has 0 saturated carbocycles. The fourth-order valence-electron chi connectivity index (χ4n) is 3.28. The SMILES string of the molecule is Cl.Cl.Nc1ncnc2c1ncn2CC(=O)N1CCNCC1c1ccccc1Cl. The molecule has 3 heterocycles. The van der Waals surface area contributed by atoms with Crippen LogP contribution in [-0.2, 0) is 11.3 Å². The minimum absolute atomic E-state index is 0. The summed E-state index contributed by atoms with van der Waals surface area (Å²) in [4.78, 5) is 27.2. The van der Waals surface area contributed by atoms with Crippen molar-refractivity contribution < 1.29 is 4.79 Å². The highest BCUT2D eigenvalue weighted by Crippen LogP contribution is 2.29. The number of carbonyl (C=O) groups is 1. The Labute approximate surface area is 179 Å². The highest BCUT2D eigenvalue weighted by molar-refractivity contribution is 6.31. The molecule has 1 unspecified atom stereocenters. The molecule has 1 aromatic carbocycles. The topological polar surface area (TPSA) is 102 Å². The predicted molar refractivity (Wildman–Crippen MR) is 113 cm³/mol. The molecule has 3 N–H and O–H groups in total. The Morgan fingerprint density at radius 2 is 2.04 bits per heavy atom. The van der Waals surface area contributed by atoms with Crippen LogP contribution in [0, 0.1) is 0 Å². The van der Waals surface area contributed by atoms with Crippen LogP contribution in [0.1, 0.15) is 11.6 Å². The van der Waals surface area contributed by atoms with Gasteiger partial charge < -0.3 is 20.5 Å². The summed E-state index contributed by atoms with van der Waals surface area (Å²) in [5, 5.41) is 3.99. The van der Waals surface area contributed by atoms with Crippen LogP contribution >= 0.6 is 36.4 Å². The first kappa shape index (κ1) is 22.2. The number of aromatic nitrogens is 4. The molecule has 4 rings (SSSR count). The fourth-order valence-corrected chi connectivity index (χ4v) is 3.54. The van der Waals surface area contributed by atoms with Gasteiger partial charge in [0, 0.05) is 24.7 Å². The molecule has 0 spiro atoms. The van der Waals surface area contributed by atoms with Crippen molar-refractivity contribution in [1.82, 2.24) is 29.7 Å². The second kappa shape index (κ2) is 9.38. The average Bonchev–Trinajstić information content (AvgIpc) is 3.06. The van der Waals surface area contributed by atoms with E-state index in [1.54, 1.807) is 10.9 Å². The first-order chi connectivity index (χ1) is 12.6. The van der Waals surface area contributed by atoms with E-state index in [1.165, 1.54) is 6.33 Å². The molecule has 11 heteroatoms. The molecular weight excluding hydrogens is 425 g/mol. The number of piperazine rings is 1. The summed E-state index contributed by atoms with van der Waals surface area (Å²) in [6, 6.07) is 7.51. The quantitative estimate of drug-likeness (QED) is 0.641. The maximum Gasteiger partial charge on any atom is 0.243 e. The zero-order chi connectivity index (χ0) is 18.1. The molecule has 1 saturated heterocycles. The number of benzene rings is 1. The van der Waals surface area contributed by atoms with Crippen LogP contribution in [0.3, 0.4) is 0 Å². The van der Waals surface area contributed by atoms with Crippen LogP contribution in [0.2, 0.25) is 5.02 Å². The lowest BCUT2D eigenvalue weighted by molar-refractivity contribution is -0.135. The second-order valence-electron chi connectivity index (χ2n) is 6.13. The number of halogens is 3. The smallest absolute Gasteiger partial charge is 0.243 e. The van der Waals surface area contributed by atoms with Crippen molar-refractivity contribution in [1.29, 1.82) is 0 Å². The number of nitrogen functional groups attached to an aromatic ring is 1. The van der Waals surface area contributed by atoms with E-state index in [-0.39, 0.29) is 43.3 Å².